The van der Waals surface area contributed by atoms with Gasteiger partial charge in [-0.1, -0.05) is 43.8 Å². The van der Waals surface area contributed by atoms with Crippen LogP contribution in [-0.2, 0) is 11.3 Å². The number of aromatic nitrogens is 2. The molecule has 0 aliphatic carbocycles. The molecule has 28 heavy (non-hydrogen) atoms. The van der Waals surface area contributed by atoms with Crippen molar-refractivity contribution in [1.29, 1.82) is 0 Å². The number of carbonyl (C=O) groups excluding carboxylic acids is 2. The highest BCUT2D eigenvalue weighted by Gasteiger charge is 2.15. The lowest BCUT2D eigenvalue weighted by Gasteiger charge is -2.15. The van der Waals surface area contributed by atoms with E-state index in [1.54, 1.807) is 6.20 Å². The monoisotopic (exact) mass is 413 g/mol. The number of thioether (sulfide) groups is 1. The molecule has 1 aromatic carbocycles. The standard InChI is InChI=1S/C21H23N3O2S2/c1-14(2)17-6-4-5-7-18(17)24-11-10-22-21(24)27-13-19(26)20-9-8-16(28-20)12-23-15(3)25/h4-11,14H,12-13H2,1-3H3,(H,23,25). The van der Waals surface area contributed by atoms with Gasteiger partial charge < -0.3 is 5.32 Å². The molecule has 7 heteroatoms. The number of ketones is 1. The first kappa shape index (κ1) is 20.4. The average Bonchev–Trinajstić information content (AvgIpc) is 3.33. The molecule has 0 spiro atoms. The Morgan fingerprint density at radius 1 is 1.21 bits per heavy atom. The van der Waals surface area contributed by atoms with E-state index in [1.165, 1.54) is 35.6 Å². The van der Waals surface area contributed by atoms with Crippen molar-refractivity contribution in [3.63, 3.8) is 0 Å². The Bertz CT molecular complexity index is 975. The van der Waals surface area contributed by atoms with Crippen molar-refractivity contribution >= 4 is 34.8 Å². The zero-order valence-corrected chi connectivity index (χ0v) is 17.8. The van der Waals surface area contributed by atoms with Crippen molar-refractivity contribution in [2.75, 3.05) is 5.75 Å². The maximum Gasteiger partial charge on any atom is 0.217 e. The van der Waals surface area contributed by atoms with Gasteiger partial charge in [-0.05, 0) is 29.7 Å². The van der Waals surface area contributed by atoms with E-state index >= 15 is 0 Å². The Morgan fingerprint density at radius 2 is 2.00 bits per heavy atom. The van der Waals surface area contributed by atoms with Crippen LogP contribution in [0, 0.1) is 0 Å². The summed E-state index contributed by atoms with van der Waals surface area (Å²) >= 11 is 2.86. The highest BCUT2D eigenvalue weighted by Crippen LogP contribution is 2.28. The number of Topliss-reactive ketones (excluding diaryl/α,β-unsaturated/α-hetero) is 1. The van der Waals surface area contributed by atoms with Gasteiger partial charge in [0.15, 0.2) is 10.9 Å². The molecule has 3 rings (SSSR count). The molecular formula is C21H23N3O2S2. The van der Waals surface area contributed by atoms with Crippen molar-refractivity contribution in [2.24, 2.45) is 0 Å². The van der Waals surface area contributed by atoms with Crippen molar-refractivity contribution in [3.8, 4) is 5.69 Å². The molecule has 3 aromatic rings. The van der Waals surface area contributed by atoms with Crippen LogP contribution in [0.3, 0.4) is 0 Å². The molecule has 0 unspecified atom stereocenters. The molecule has 1 amide bonds. The SMILES string of the molecule is CC(=O)NCc1ccc(C(=O)CSc2nccn2-c2ccccc2C(C)C)s1. The number of nitrogens with zero attached hydrogens (tertiary/aromatic N) is 2. The molecule has 1 N–H and O–H groups in total. The van der Waals surface area contributed by atoms with Gasteiger partial charge in [-0.2, -0.15) is 0 Å². The van der Waals surface area contributed by atoms with E-state index in [2.05, 4.69) is 36.3 Å². The Morgan fingerprint density at radius 3 is 2.75 bits per heavy atom. The van der Waals surface area contributed by atoms with Crippen LogP contribution in [0.4, 0.5) is 0 Å². The van der Waals surface area contributed by atoms with E-state index in [0.29, 0.717) is 23.1 Å². The molecule has 2 heterocycles. The van der Waals surface area contributed by atoms with Crippen LogP contribution in [0.15, 0.2) is 53.9 Å². The van der Waals surface area contributed by atoms with Crippen molar-refractivity contribution in [3.05, 3.63) is 64.1 Å². The van der Waals surface area contributed by atoms with E-state index in [1.807, 2.05) is 35.0 Å². The predicted molar refractivity (Wildman–Crippen MR) is 115 cm³/mol. The first-order chi connectivity index (χ1) is 13.5. The maximum atomic E-state index is 12.6. The van der Waals surface area contributed by atoms with Gasteiger partial charge in [-0.15, -0.1) is 11.3 Å². The molecule has 0 atom stereocenters. The van der Waals surface area contributed by atoms with Gasteiger partial charge in [0, 0.05) is 24.2 Å². The molecule has 0 saturated heterocycles. The Labute approximate surface area is 173 Å². The summed E-state index contributed by atoms with van der Waals surface area (Å²) in [4.78, 5) is 29.7. The summed E-state index contributed by atoms with van der Waals surface area (Å²) in [5.74, 6) is 0.702. The lowest BCUT2D eigenvalue weighted by Crippen LogP contribution is -2.18. The first-order valence-corrected chi connectivity index (χ1v) is 10.9. The van der Waals surface area contributed by atoms with E-state index < -0.39 is 0 Å². The first-order valence-electron chi connectivity index (χ1n) is 9.07. The number of benzene rings is 1. The third-order valence-corrected chi connectivity index (χ3v) is 6.30. The number of hydrogen-bond acceptors (Lipinski definition) is 5. The minimum Gasteiger partial charge on any atom is -0.351 e. The molecule has 0 aliphatic rings. The number of nitrogens with one attached hydrogen (secondary N) is 1. The molecule has 0 aliphatic heterocycles. The van der Waals surface area contributed by atoms with E-state index in [0.717, 1.165) is 15.7 Å². The summed E-state index contributed by atoms with van der Waals surface area (Å²) in [6, 6.07) is 12.0. The van der Waals surface area contributed by atoms with Gasteiger partial charge in [0.25, 0.3) is 0 Å². The van der Waals surface area contributed by atoms with Gasteiger partial charge in [-0.25, -0.2) is 4.98 Å². The average molecular weight is 414 g/mol. The van der Waals surface area contributed by atoms with Crippen molar-refractivity contribution in [2.45, 2.75) is 38.4 Å². The lowest BCUT2D eigenvalue weighted by atomic mass is 10.0. The summed E-state index contributed by atoms with van der Waals surface area (Å²) in [6.45, 7) is 6.27. The van der Waals surface area contributed by atoms with E-state index in [9.17, 15) is 9.59 Å². The van der Waals surface area contributed by atoms with Crippen LogP contribution in [0.25, 0.3) is 5.69 Å². The van der Waals surface area contributed by atoms with Crippen LogP contribution in [0.1, 0.15) is 46.8 Å². The molecule has 146 valence electrons. The van der Waals surface area contributed by atoms with Crippen LogP contribution in [0.2, 0.25) is 0 Å². The maximum absolute atomic E-state index is 12.6. The fourth-order valence-electron chi connectivity index (χ4n) is 2.81. The van der Waals surface area contributed by atoms with Gasteiger partial charge in [0.05, 0.1) is 22.9 Å². The van der Waals surface area contributed by atoms with E-state index in [-0.39, 0.29) is 11.7 Å². The number of hydrogen-bond donors (Lipinski definition) is 1. The molecular weight excluding hydrogens is 390 g/mol. The zero-order chi connectivity index (χ0) is 20.1. The highest BCUT2D eigenvalue weighted by molar-refractivity contribution is 7.99. The number of rotatable bonds is 8. The van der Waals surface area contributed by atoms with Gasteiger partial charge in [-0.3, -0.25) is 14.2 Å². The highest BCUT2D eigenvalue weighted by atomic mass is 32.2. The fraction of sp³-hybridized carbons (Fsp3) is 0.286. The smallest absolute Gasteiger partial charge is 0.217 e. The summed E-state index contributed by atoms with van der Waals surface area (Å²) in [6.07, 6.45) is 3.70. The second kappa shape index (κ2) is 9.21. The Kier molecular flexibility index (Phi) is 6.70. The second-order valence-electron chi connectivity index (χ2n) is 6.68. The van der Waals surface area contributed by atoms with Crippen LogP contribution in [-0.4, -0.2) is 27.0 Å². The number of imidazole rings is 1. The lowest BCUT2D eigenvalue weighted by molar-refractivity contribution is -0.119. The zero-order valence-electron chi connectivity index (χ0n) is 16.1. The third kappa shape index (κ3) is 4.91. The summed E-state index contributed by atoms with van der Waals surface area (Å²) in [5.41, 5.74) is 2.34. The van der Waals surface area contributed by atoms with Crippen LogP contribution < -0.4 is 5.32 Å². The second-order valence-corrected chi connectivity index (χ2v) is 8.79. The quantitative estimate of drug-likeness (QED) is 0.431. The fourth-order valence-corrected chi connectivity index (χ4v) is 4.64. The van der Waals surface area contributed by atoms with E-state index in [4.69, 9.17) is 0 Å². The molecule has 5 nitrogen and oxygen atoms in total. The van der Waals surface area contributed by atoms with Crippen molar-refractivity contribution in [1.82, 2.24) is 14.9 Å². The van der Waals surface area contributed by atoms with Gasteiger partial charge >= 0.3 is 0 Å². The minimum atomic E-state index is -0.0784. The normalized spacial score (nSPS) is 11.0. The molecule has 0 saturated carbocycles. The molecule has 2 aromatic heterocycles. The molecule has 0 fully saturated rings. The van der Waals surface area contributed by atoms with Crippen LogP contribution >= 0.6 is 23.1 Å². The number of amides is 1. The summed E-state index contributed by atoms with van der Waals surface area (Å²) < 4.78 is 2.05. The topological polar surface area (TPSA) is 64.0 Å². The number of carbonyl (C=O) groups is 2. The number of para-hydroxylation sites is 1. The van der Waals surface area contributed by atoms with Crippen molar-refractivity contribution < 1.29 is 9.59 Å². The van der Waals surface area contributed by atoms with Gasteiger partial charge in [0.1, 0.15) is 0 Å². The minimum absolute atomic E-state index is 0.0655. The summed E-state index contributed by atoms with van der Waals surface area (Å²) in [7, 11) is 0. The largest absolute Gasteiger partial charge is 0.351 e. The summed E-state index contributed by atoms with van der Waals surface area (Å²) in [5, 5.41) is 3.55. The Hall–Kier alpha value is -2.38. The van der Waals surface area contributed by atoms with Gasteiger partial charge in [0.2, 0.25) is 5.91 Å². The molecule has 0 radical (unpaired) electrons. The number of thiophene rings is 1. The predicted octanol–water partition coefficient (Wildman–Crippen LogP) is 4.67. The Balaban J connectivity index is 1.69. The third-order valence-electron chi connectivity index (χ3n) is 4.21. The van der Waals surface area contributed by atoms with Crippen LogP contribution in [0.5, 0.6) is 0 Å². The molecule has 0 bridgehead atoms.